The van der Waals surface area contributed by atoms with E-state index >= 15 is 0 Å². The maximum Gasteiger partial charge on any atom is 0.175 e. The molecule has 0 heterocycles. The Balaban J connectivity index is 2.49. The molecule has 5 heteroatoms. The van der Waals surface area contributed by atoms with E-state index in [-0.39, 0.29) is 10.5 Å². The molecule has 88 valence electrons. The fraction of sp³-hybridized carbons (Fsp3) is 0.455. The van der Waals surface area contributed by atoms with Crippen molar-refractivity contribution in [3.63, 3.8) is 0 Å². The summed E-state index contributed by atoms with van der Waals surface area (Å²) in [6, 6.07) is 4.11. The van der Waals surface area contributed by atoms with Crippen molar-refractivity contribution in [3.05, 3.63) is 29.6 Å². The number of sulfone groups is 1. The first kappa shape index (κ1) is 11.5. The molecule has 0 bridgehead atoms. The first-order valence-electron chi connectivity index (χ1n) is 5.08. The van der Waals surface area contributed by atoms with Crippen LogP contribution < -0.4 is 5.73 Å². The Morgan fingerprint density at radius 3 is 2.56 bits per heavy atom. The standard InChI is InChI=1S/C11H14FNO2S/c1-16(14,15)10-4-2-3-9(12)8(10)7-11(13)5-6-11/h2-4H,5-7,13H2,1H3. The van der Waals surface area contributed by atoms with Gasteiger partial charge in [0, 0.05) is 17.4 Å². The summed E-state index contributed by atoms with van der Waals surface area (Å²) in [6.07, 6.45) is 3.03. The molecule has 0 unspecified atom stereocenters. The Kier molecular flexibility index (Phi) is 2.55. The zero-order valence-corrected chi connectivity index (χ0v) is 9.85. The van der Waals surface area contributed by atoms with E-state index in [1.54, 1.807) is 0 Å². The number of hydrogen-bond donors (Lipinski definition) is 1. The van der Waals surface area contributed by atoms with Crippen LogP contribution in [0.25, 0.3) is 0 Å². The Morgan fingerprint density at radius 1 is 1.44 bits per heavy atom. The monoisotopic (exact) mass is 243 g/mol. The highest BCUT2D eigenvalue weighted by Crippen LogP contribution is 2.37. The minimum atomic E-state index is -3.40. The van der Waals surface area contributed by atoms with Gasteiger partial charge in [-0.25, -0.2) is 12.8 Å². The second kappa shape index (κ2) is 3.53. The van der Waals surface area contributed by atoms with Gasteiger partial charge in [-0.1, -0.05) is 6.07 Å². The first-order valence-corrected chi connectivity index (χ1v) is 6.97. The van der Waals surface area contributed by atoms with Gasteiger partial charge in [0.05, 0.1) is 4.90 Å². The van der Waals surface area contributed by atoms with Crippen LogP contribution in [0.2, 0.25) is 0 Å². The second-order valence-corrected chi connectivity index (χ2v) is 6.51. The molecule has 1 fully saturated rings. The van der Waals surface area contributed by atoms with Crippen molar-refractivity contribution >= 4 is 9.84 Å². The van der Waals surface area contributed by atoms with Gasteiger partial charge in [-0.2, -0.15) is 0 Å². The molecule has 2 N–H and O–H groups in total. The summed E-state index contributed by atoms with van der Waals surface area (Å²) in [4.78, 5) is 0.0595. The third kappa shape index (κ3) is 2.25. The van der Waals surface area contributed by atoms with Crippen molar-refractivity contribution in [1.82, 2.24) is 0 Å². The minimum Gasteiger partial charge on any atom is -0.325 e. The highest BCUT2D eigenvalue weighted by Gasteiger charge is 2.39. The largest absolute Gasteiger partial charge is 0.325 e. The fourth-order valence-corrected chi connectivity index (χ4v) is 2.69. The van der Waals surface area contributed by atoms with Gasteiger partial charge in [0.1, 0.15) is 5.82 Å². The van der Waals surface area contributed by atoms with E-state index in [2.05, 4.69) is 0 Å². The summed E-state index contributed by atoms with van der Waals surface area (Å²) < 4.78 is 36.6. The summed E-state index contributed by atoms with van der Waals surface area (Å²) in [5, 5.41) is 0. The molecule has 0 spiro atoms. The third-order valence-corrected chi connectivity index (χ3v) is 4.08. The molecule has 1 saturated carbocycles. The molecular formula is C11H14FNO2S. The quantitative estimate of drug-likeness (QED) is 0.869. The van der Waals surface area contributed by atoms with Crippen LogP contribution >= 0.6 is 0 Å². The van der Waals surface area contributed by atoms with Crippen LogP contribution in [-0.2, 0) is 16.3 Å². The first-order chi connectivity index (χ1) is 7.32. The molecule has 0 aromatic heterocycles. The summed E-state index contributed by atoms with van der Waals surface area (Å²) in [7, 11) is -3.40. The van der Waals surface area contributed by atoms with Gasteiger partial charge >= 0.3 is 0 Å². The van der Waals surface area contributed by atoms with Crippen molar-refractivity contribution in [3.8, 4) is 0 Å². The van der Waals surface area contributed by atoms with Gasteiger partial charge in [0.15, 0.2) is 9.84 Å². The van der Waals surface area contributed by atoms with Gasteiger partial charge in [-0.3, -0.25) is 0 Å². The lowest BCUT2D eigenvalue weighted by atomic mass is 10.0. The molecule has 0 saturated heterocycles. The van der Waals surface area contributed by atoms with Crippen molar-refractivity contribution in [2.45, 2.75) is 29.7 Å². The van der Waals surface area contributed by atoms with Crippen LogP contribution in [0.1, 0.15) is 18.4 Å². The van der Waals surface area contributed by atoms with E-state index in [9.17, 15) is 12.8 Å². The van der Waals surface area contributed by atoms with Gasteiger partial charge in [-0.15, -0.1) is 0 Å². The number of benzene rings is 1. The lowest BCUT2D eigenvalue weighted by molar-refractivity contribution is 0.565. The maximum absolute atomic E-state index is 13.6. The predicted molar refractivity (Wildman–Crippen MR) is 59.4 cm³/mol. The van der Waals surface area contributed by atoms with Gasteiger partial charge in [0.25, 0.3) is 0 Å². The minimum absolute atomic E-state index is 0.0595. The third-order valence-electron chi connectivity index (χ3n) is 2.90. The Labute approximate surface area is 94.4 Å². The zero-order valence-electron chi connectivity index (χ0n) is 9.03. The summed E-state index contributed by atoms with van der Waals surface area (Å²) in [5.41, 5.74) is 5.72. The van der Waals surface area contributed by atoms with Crippen LogP contribution in [0.3, 0.4) is 0 Å². The van der Waals surface area contributed by atoms with E-state index in [0.29, 0.717) is 6.42 Å². The molecule has 1 aromatic carbocycles. The lowest BCUT2D eigenvalue weighted by Gasteiger charge is -2.13. The van der Waals surface area contributed by atoms with Crippen LogP contribution in [0, 0.1) is 5.82 Å². The van der Waals surface area contributed by atoms with Gasteiger partial charge in [-0.05, 0) is 31.4 Å². The smallest absolute Gasteiger partial charge is 0.175 e. The zero-order chi connectivity index (χ0) is 12.0. The Bertz CT molecular complexity index is 521. The van der Waals surface area contributed by atoms with Crippen LogP contribution in [0.15, 0.2) is 23.1 Å². The molecule has 0 aliphatic heterocycles. The molecule has 16 heavy (non-hydrogen) atoms. The highest BCUT2D eigenvalue weighted by molar-refractivity contribution is 7.90. The molecule has 1 aliphatic carbocycles. The van der Waals surface area contributed by atoms with Crippen LogP contribution in [-0.4, -0.2) is 20.2 Å². The van der Waals surface area contributed by atoms with Crippen molar-refractivity contribution < 1.29 is 12.8 Å². The molecule has 3 nitrogen and oxygen atoms in total. The molecule has 1 aromatic rings. The van der Waals surface area contributed by atoms with E-state index in [0.717, 1.165) is 19.1 Å². The molecule has 0 radical (unpaired) electrons. The van der Waals surface area contributed by atoms with E-state index in [1.807, 2.05) is 0 Å². The topological polar surface area (TPSA) is 60.2 Å². The van der Waals surface area contributed by atoms with Gasteiger partial charge in [0.2, 0.25) is 0 Å². The lowest BCUT2D eigenvalue weighted by Crippen LogP contribution is -2.26. The number of hydrogen-bond acceptors (Lipinski definition) is 3. The average Bonchev–Trinajstić information content (AvgIpc) is 2.86. The highest BCUT2D eigenvalue weighted by atomic mass is 32.2. The fourth-order valence-electron chi connectivity index (χ4n) is 1.75. The normalized spacial score (nSPS) is 18.4. The summed E-state index contributed by atoms with van der Waals surface area (Å²) in [6.45, 7) is 0. The SMILES string of the molecule is CS(=O)(=O)c1cccc(F)c1CC1(N)CC1. The molecule has 0 amide bonds. The van der Waals surface area contributed by atoms with Gasteiger partial charge < -0.3 is 5.73 Å². The summed E-state index contributed by atoms with van der Waals surface area (Å²) >= 11 is 0. The number of rotatable bonds is 3. The number of halogens is 1. The number of nitrogens with two attached hydrogens (primary N) is 1. The van der Waals surface area contributed by atoms with E-state index in [4.69, 9.17) is 5.73 Å². The molecular weight excluding hydrogens is 229 g/mol. The van der Waals surface area contributed by atoms with E-state index in [1.165, 1.54) is 18.2 Å². The second-order valence-electron chi connectivity index (χ2n) is 4.53. The molecule has 1 aliphatic rings. The van der Waals surface area contributed by atoms with Crippen LogP contribution in [0.4, 0.5) is 4.39 Å². The Hall–Kier alpha value is -0.940. The van der Waals surface area contributed by atoms with E-state index < -0.39 is 21.2 Å². The van der Waals surface area contributed by atoms with Crippen molar-refractivity contribution in [1.29, 1.82) is 0 Å². The predicted octanol–water partition coefficient (Wildman–Crippen LogP) is 1.26. The van der Waals surface area contributed by atoms with Crippen molar-refractivity contribution in [2.24, 2.45) is 5.73 Å². The maximum atomic E-state index is 13.6. The van der Waals surface area contributed by atoms with Crippen LogP contribution in [0.5, 0.6) is 0 Å². The Morgan fingerprint density at radius 2 is 2.06 bits per heavy atom. The average molecular weight is 243 g/mol. The summed E-state index contributed by atoms with van der Waals surface area (Å²) in [5.74, 6) is -0.486. The molecule has 2 rings (SSSR count). The molecule has 0 atom stereocenters. The van der Waals surface area contributed by atoms with Crippen molar-refractivity contribution in [2.75, 3.05) is 6.26 Å².